The second-order valence-corrected chi connectivity index (χ2v) is 7.03. The van der Waals surface area contributed by atoms with Gasteiger partial charge < -0.3 is 24.2 Å². The van der Waals surface area contributed by atoms with Crippen LogP contribution in [0.1, 0.15) is 30.1 Å². The molecule has 2 aliphatic heterocycles. The molecule has 138 valence electrons. The largest absolute Gasteiger partial charge is 0.384 e. The molecule has 7 heteroatoms. The molecule has 0 spiro atoms. The Morgan fingerprint density at radius 2 is 2.08 bits per heavy atom. The Hall–Kier alpha value is -1.70. The van der Waals surface area contributed by atoms with Gasteiger partial charge in [0.2, 0.25) is 0 Å². The molecule has 0 aliphatic carbocycles. The zero-order chi connectivity index (χ0) is 17.9. The summed E-state index contributed by atoms with van der Waals surface area (Å²) in [4.78, 5) is 28.6. The van der Waals surface area contributed by atoms with Gasteiger partial charge in [0.1, 0.15) is 5.60 Å². The third-order valence-corrected chi connectivity index (χ3v) is 4.95. The fourth-order valence-electron chi connectivity index (χ4n) is 3.63. The summed E-state index contributed by atoms with van der Waals surface area (Å²) in [6.07, 6.45) is 3.93. The summed E-state index contributed by atoms with van der Waals surface area (Å²) < 4.78 is 7.11. The Kier molecular flexibility index (Phi) is 5.56. The van der Waals surface area contributed by atoms with E-state index in [0.29, 0.717) is 31.8 Å². The van der Waals surface area contributed by atoms with Gasteiger partial charge in [-0.05, 0) is 38.9 Å². The number of carbonyl (C=O) groups is 1. The summed E-state index contributed by atoms with van der Waals surface area (Å²) >= 11 is 0. The minimum atomic E-state index is -1.07. The normalized spacial score (nSPS) is 25.1. The third kappa shape index (κ3) is 4.29. The van der Waals surface area contributed by atoms with E-state index in [2.05, 4.69) is 4.90 Å². The summed E-state index contributed by atoms with van der Waals surface area (Å²) in [6, 6.07) is 3.04. The molecule has 1 atom stereocenters. The van der Waals surface area contributed by atoms with Gasteiger partial charge in [-0.2, -0.15) is 0 Å². The molecule has 1 aromatic rings. The van der Waals surface area contributed by atoms with Crippen LogP contribution in [0.4, 0.5) is 0 Å². The van der Waals surface area contributed by atoms with Gasteiger partial charge in [-0.3, -0.25) is 9.59 Å². The number of ether oxygens (including phenoxy) is 1. The van der Waals surface area contributed by atoms with Crippen LogP contribution in [-0.2, 0) is 11.3 Å². The lowest BCUT2D eigenvalue weighted by Crippen LogP contribution is -2.53. The predicted molar refractivity (Wildman–Crippen MR) is 93.7 cm³/mol. The number of β-amino-alcohol motifs (C(OH)–C–C–N with tert-alkyl or cyclic N) is 1. The number of hydrogen-bond donors (Lipinski definition) is 1. The van der Waals surface area contributed by atoms with Crippen molar-refractivity contribution >= 4 is 5.91 Å². The zero-order valence-corrected chi connectivity index (χ0v) is 14.8. The van der Waals surface area contributed by atoms with Gasteiger partial charge >= 0.3 is 0 Å². The first-order valence-corrected chi connectivity index (χ1v) is 9.03. The molecule has 2 fully saturated rings. The van der Waals surface area contributed by atoms with E-state index >= 15 is 0 Å². The van der Waals surface area contributed by atoms with E-state index in [1.165, 1.54) is 6.07 Å². The predicted octanol–water partition coefficient (Wildman–Crippen LogP) is 0.168. The van der Waals surface area contributed by atoms with E-state index < -0.39 is 5.60 Å². The molecular weight excluding hydrogens is 322 g/mol. The summed E-state index contributed by atoms with van der Waals surface area (Å²) in [6.45, 7) is 6.17. The Morgan fingerprint density at radius 1 is 1.32 bits per heavy atom. The fraction of sp³-hybridized carbons (Fsp3) is 0.667. The van der Waals surface area contributed by atoms with Crippen LogP contribution >= 0.6 is 0 Å². The zero-order valence-electron chi connectivity index (χ0n) is 14.8. The fourth-order valence-corrected chi connectivity index (χ4v) is 3.63. The highest BCUT2D eigenvalue weighted by molar-refractivity contribution is 5.94. The highest BCUT2D eigenvalue weighted by Gasteiger charge is 2.36. The number of aromatic nitrogens is 1. The molecule has 25 heavy (non-hydrogen) atoms. The number of nitrogens with zero attached hydrogens (tertiary/aromatic N) is 3. The first kappa shape index (κ1) is 18.1. The smallest absolute Gasteiger partial charge is 0.254 e. The number of likely N-dealkylation sites (tertiary alicyclic amines) is 1. The van der Waals surface area contributed by atoms with Crippen molar-refractivity contribution in [2.24, 2.45) is 0 Å². The van der Waals surface area contributed by atoms with Crippen molar-refractivity contribution in [1.29, 1.82) is 0 Å². The third-order valence-electron chi connectivity index (χ3n) is 4.95. The standard InChI is InChI=1S/C18H27N3O4/c1-2-20-8-5-15(11-16(20)22)17(23)21-9-10-25-14-18(24,13-21)12-19-6-3-4-7-19/h5,8,11,24H,2-4,6-7,9-10,12-14H2,1H3/t18-/m0/s1. The van der Waals surface area contributed by atoms with Crippen molar-refractivity contribution in [3.8, 4) is 0 Å². The molecule has 0 saturated carbocycles. The first-order chi connectivity index (χ1) is 12.0. The van der Waals surface area contributed by atoms with Crippen LogP contribution in [0.3, 0.4) is 0 Å². The number of amides is 1. The number of hydrogen-bond acceptors (Lipinski definition) is 5. The molecule has 7 nitrogen and oxygen atoms in total. The van der Waals surface area contributed by atoms with Gasteiger partial charge in [-0.25, -0.2) is 0 Å². The molecule has 0 radical (unpaired) electrons. The maximum atomic E-state index is 12.8. The summed E-state index contributed by atoms with van der Waals surface area (Å²) in [7, 11) is 0. The lowest BCUT2D eigenvalue weighted by Gasteiger charge is -2.34. The Morgan fingerprint density at radius 3 is 2.76 bits per heavy atom. The van der Waals surface area contributed by atoms with E-state index in [0.717, 1.165) is 25.9 Å². The van der Waals surface area contributed by atoms with Crippen molar-refractivity contribution in [2.75, 3.05) is 45.9 Å². The number of aliphatic hydroxyl groups is 1. The number of aryl methyl sites for hydroxylation is 1. The molecule has 0 bridgehead atoms. The quantitative estimate of drug-likeness (QED) is 0.839. The van der Waals surface area contributed by atoms with E-state index in [-0.39, 0.29) is 24.6 Å². The minimum Gasteiger partial charge on any atom is -0.384 e. The molecule has 0 unspecified atom stereocenters. The van der Waals surface area contributed by atoms with Crippen molar-refractivity contribution in [3.63, 3.8) is 0 Å². The number of pyridine rings is 1. The lowest BCUT2D eigenvalue weighted by molar-refractivity contribution is -0.0524. The molecule has 0 aromatic carbocycles. The van der Waals surface area contributed by atoms with Crippen molar-refractivity contribution in [1.82, 2.24) is 14.4 Å². The van der Waals surface area contributed by atoms with Crippen molar-refractivity contribution in [2.45, 2.75) is 31.9 Å². The van der Waals surface area contributed by atoms with E-state index in [1.807, 2.05) is 6.92 Å². The van der Waals surface area contributed by atoms with E-state index in [9.17, 15) is 14.7 Å². The molecular formula is C18H27N3O4. The highest BCUT2D eigenvalue weighted by Crippen LogP contribution is 2.19. The average molecular weight is 349 g/mol. The summed E-state index contributed by atoms with van der Waals surface area (Å²) in [5, 5.41) is 11.0. The molecule has 1 N–H and O–H groups in total. The summed E-state index contributed by atoms with van der Waals surface area (Å²) in [5.74, 6) is -0.231. The van der Waals surface area contributed by atoms with Crippen LogP contribution in [0.15, 0.2) is 23.1 Å². The SMILES string of the molecule is CCn1ccc(C(=O)N2CCOC[C@](O)(CN3CCCC3)C2)cc1=O. The molecule has 1 aromatic heterocycles. The number of carbonyl (C=O) groups excluding carboxylic acids is 1. The minimum absolute atomic E-state index is 0.188. The second kappa shape index (κ2) is 7.68. The Bertz CT molecular complexity index is 669. The van der Waals surface area contributed by atoms with Gasteiger partial charge in [0.05, 0.1) is 19.8 Å². The van der Waals surface area contributed by atoms with E-state index in [1.54, 1.807) is 21.7 Å². The van der Waals surface area contributed by atoms with Gasteiger partial charge in [0, 0.05) is 37.5 Å². The maximum Gasteiger partial charge on any atom is 0.254 e. The molecule has 2 aliphatic rings. The molecule has 1 amide bonds. The maximum absolute atomic E-state index is 12.8. The topological polar surface area (TPSA) is 75.0 Å². The van der Waals surface area contributed by atoms with Crippen LogP contribution in [-0.4, -0.2) is 76.9 Å². The Balaban J connectivity index is 1.74. The molecule has 3 heterocycles. The van der Waals surface area contributed by atoms with Crippen LogP contribution in [0, 0.1) is 0 Å². The van der Waals surface area contributed by atoms with Crippen molar-refractivity contribution in [3.05, 3.63) is 34.2 Å². The average Bonchev–Trinajstić information content (AvgIpc) is 3.01. The first-order valence-electron chi connectivity index (χ1n) is 9.03. The monoisotopic (exact) mass is 349 g/mol. The van der Waals surface area contributed by atoms with Crippen LogP contribution in [0.5, 0.6) is 0 Å². The molecule has 2 saturated heterocycles. The van der Waals surface area contributed by atoms with Gasteiger partial charge in [-0.1, -0.05) is 0 Å². The highest BCUT2D eigenvalue weighted by atomic mass is 16.5. The van der Waals surface area contributed by atoms with Crippen molar-refractivity contribution < 1.29 is 14.6 Å². The summed E-state index contributed by atoms with van der Waals surface area (Å²) in [5.41, 5.74) is -0.901. The van der Waals surface area contributed by atoms with Crippen LogP contribution < -0.4 is 5.56 Å². The second-order valence-electron chi connectivity index (χ2n) is 7.03. The van der Waals surface area contributed by atoms with Crippen LogP contribution in [0.25, 0.3) is 0 Å². The molecule has 3 rings (SSSR count). The Labute approximate surface area is 147 Å². The van der Waals surface area contributed by atoms with Gasteiger partial charge in [0.15, 0.2) is 0 Å². The van der Waals surface area contributed by atoms with Gasteiger partial charge in [-0.15, -0.1) is 0 Å². The lowest BCUT2D eigenvalue weighted by atomic mass is 10.0. The van der Waals surface area contributed by atoms with E-state index in [4.69, 9.17) is 4.74 Å². The van der Waals surface area contributed by atoms with Crippen LogP contribution in [0.2, 0.25) is 0 Å². The van der Waals surface area contributed by atoms with Gasteiger partial charge in [0.25, 0.3) is 11.5 Å². The number of rotatable bonds is 4.